The predicted molar refractivity (Wildman–Crippen MR) is 255 cm³/mol. The van der Waals surface area contributed by atoms with Gasteiger partial charge in [0.1, 0.15) is 0 Å². The molecule has 0 unspecified atom stereocenters. The van der Waals surface area contributed by atoms with E-state index in [-0.39, 0.29) is 16.2 Å². The third-order valence-electron chi connectivity index (χ3n) is 13.6. The van der Waals surface area contributed by atoms with Gasteiger partial charge in [0.2, 0.25) is 0 Å². The molecule has 0 fully saturated rings. The monoisotopic (exact) mass is 774 g/mol. The summed E-state index contributed by atoms with van der Waals surface area (Å²) in [6, 6.07) is 65.3. The molecule has 2 heteroatoms. The molecule has 0 radical (unpaired) electrons. The molecule has 9 aromatic rings. The molecular formula is C58H50N2. The van der Waals surface area contributed by atoms with E-state index < -0.39 is 0 Å². The first kappa shape index (κ1) is 36.4. The van der Waals surface area contributed by atoms with Gasteiger partial charge in [-0.1, -0.05) is 176 Å². The average molecular weight is 775 g/mol. The van der Waals surface area contributed by atoms with Gasteiger partial charge < -0.3 is 9.47 Å². The van der Waals surface area contributed by atoms with Crippen molar-refractivity contribution in [3.05, 3.63) is 204 Å². The number of rotatable bonds is 5. The van der Waals surface area contributed by atoms with E-state index in [0.29, 0.717) is 0 Å². The van der Waals surface area contributed by atoms with Gasteiger partial charge in [-0.25, -0.2) is 0 Å². The number of fused-ring (bicyclic) bond motifs is 9. The van der Waals surface area contributed by atoms with Crippen LogP contribution in [-0.4, -0.2) is 4.57 Å². The van der Waals surface area contributed by atoms with E-state index in [1.165, 1.54) is 88.7 Å². The summed E-state index contributed by atoms with van der Waals surface area (Å²) >= 11 is 0. The molecule has 0 aliphatic heterocycles. The Hall–Kier alpha value is -6.64. The summed E-state index contributed by atoms with van der Waals surface area (Å²) in [5.41, 5.74) is 21.5. The Morgan fingerprint density at radius 3 is 1.35 bits per heavy atom. The molecular weight excluding hydrogens is 725 g/mol. The van der Waals surface area contributed by atoms with Crippen LogP contribution in [0.25, 0.3) is 60.9 Å². The Kier molecular flexibility index (Phi) is 7.85. The van der Waals surface area contributed by atoms with E-state index >= 15 is 0 Å². The lowest BCUT2D eigenvalue weighted by atomic mass is 9.71. The lowest BCUT2D eigenvalue weighted by molar-refractivity contribution is 0.587. The fraction of sp³-hybridized carbons (Fsp3) is 0.172. The Morgan fingerprint density at radius 2 is 0.850 bits per heavy atom. The molecule has 1 heterocycles. The van der Waals surface area contributed by atoms with Gasteiger partial charge >= 0.3 is 0 Å². The number of anilines is 3. The van der Waals surface area contributed by atoms with Gasteiger partial charge in [-0.3, -0.25) is 0 Å². The lowest BCUT2D eigenvalue weighted by Crippen LogP contribution is -2.27. The van der Waals surface area contributed by atoms with Gasteiger partial charge in [0.05, 0.1) is 16.7 Å². The van der Waals surface area contributed by atoms with Crippen molar-refractivity contribution in [3.63, 3.8) is 0 Å². The van der Waals surface area contributed by atoms with Crippen LogP contribution in [0.3, 0.4) is 0 Å². The molecule has 1 aromatic heterocycles. The van der Waals surface area contributed by atoms with Crippen molar-refractivity contribution in [2.24, 2.45) is 0 Å². The van der Waals surface area contributed by atoms with Gasteiger partial charge in [0.25, 0.3) is 0 Å². The Labute approximate surface area is 354 Å². The summed E-state index contributed by atoms with van der Waals surface area (Å²) < 4.78 is 2.42. The molecule has 0 saturated heterocycles. The molecule has 2 nitrogen and oxygen atoms in total. The molecule has 8 aromatic carbocycles. The van der Waals surface area contributed by atoms with Crippen LogP contribution in [0.5, 0.6) is 0 Å². The van der Waals surface area contributed by atoms with Gasteiger partial charge in [0, 0.05) is 38.7 Å². The molecule has 0 N–H and O–H groups in total. The van der Waals surface area contributed by atoms with Crippen LogP contribution in [0, 0.1) is 0 Å². The van der Waals surface area contributed by atoms with Gasteiger partial charge in [-0.15, -0.1) is 0 Å². The van der Waals surface area contributed by atoms with Crippen molar-refractivity contribution in [2.75, 3.05) is 4.90 Å². The molecule has 11 rings (SSSR count). The molecule has 60 heavy (non-hydrogen) atoms. The maximum atomic E-state index is 2.61. The molecule has 2 aliphatic rings. The summed E-state index contributed by atoms with van der Waals surface area (Å²) in [5.74, 6) is 0. The van der Waals surface area contributed by atoms with E-state index in [1.54, 1.807) is 0 Å². The molecule has 0 saturated carbocycles. The van der Waals surface area contributed by atoms with Crippen molar-refractivity contribution in [2.45, 2.75) is 64.7 Å². The zero-order valence-electron chi connectivity index (χ0n) is 35.6. The van der Waals surface area contributed by atoms with Gasteiger partial charge in [-0.05, 0) is 115 Å². The first-order valence-electron chi connectivity index (χ1n) is 21.5. The van der Waals surface area contributed by atoms with Crippen molar-refractivity contribution in [1.82, 2.24) is 4.57 Å². The Morgan fingerprint density at radius 1 is 0.433 bits per heavy atom. The van der Waals surface area contributed by atoms with E-state index in [1.807, 2.05) is 0 Å². The third-order valence-corrected chi connectivity index (χ3v) is 13.6. The molecule has 0 spiro atoms. The van der Waals surface area contributed by atoms with Crippen LogP contribution < -0.4 is 4.90 Å². The number of hydrogen-bond donors (Lipinski definition) is 0. The minimum Gasteiger partial charge on any atom is -0.310 e. The van der Waals surface area contributed by atoms with E-state index in [4.69, 9.17) is 0 Å². The fourth-order valence-electron chi connectivity index (χ4n) is 11.0. The van der Waals surface area contributed by atoms with Gasteiger partial charge in [-0.2, -0.15) is 0 Å². The number of benzene rings is 8. The van der Waals surface area contributed by atoms with Crippen molar-refractivity contribution in [1.29, 1.82) is 0 Å². The maximum absolute atomic E-state index is 2.61. The maximum Gasteiger partial charge on any atom is 0.0556 e. The van der Waals surface area contributed by atoms with Gasteiger partial charge in [0.15, 0.2) is 0 Å². The van der Waals surface area contributed by atoms with Crippen molar-refractivity contribution >= 4 is 38.9 Å². The second-order valence-corrected chi connectivity index (χ2v) is 18.9. The van der Waals surface area contributed by atoms with E-state index in [9.17, 15) is 0 Å². The molecule has 0 atom stereocenters. The Balaban J connectivity index is 1.24. The molecule has 0 amide bonds. The standard InChI is InChI=1S/C58H50N2/c1-56(2,3)52-50-44-23-11-15-25-46(44)57(4,5)53(50)55(54-51(52)45-24-12-16-26-47(45)58(54,6)7)59(39-31-29-38(30-32-39)37-19-9-8-10-20-37)40-33-35-41(36-34-40)60-48-27-17-13-21-42(48)43-22-14-18-28-49(43)60/h8-36H,1-7H3. The predicted octanol–water partition coefficient (Wildman–Crippen LogP) is 15.8. The van der Waals surface area contributed by atoms with Crippen LogP contribution in [0.15, 0.2) is 176 Å². The smallest absolute Gasteiger partial charge is 0.0556 e. The van der Waals surface area contributed by atoms with E-state index in [2.05, 4.69) is 234 Å². The second-order valence-electron chi connectivity index (χ2n) is 18.9. The van der Waals surface area contributed by atoms with Crippen LogP contribution in [0.4, 0.5) is 17.1 Å². The number of hydrogen-bond acceptors (Lipinski definition) is 1. The summed E-state index contributed by atoms with van der Waals surface area (Å²) in [4.78, 5) is 2.61. The van der Waals surface area contributed by atoms with Crippen LogP contribution in [-0.2, 0) is 16.2 Å². The quantitative estimate of drug-likeness (QED) is 0.169. The topological polar surface area (TPSA) is 8.17 Å². The lowest BCUT2D eigenvalue weighted by Gasteiger charge is -2.39. The highest BCUT2D eigenvalue weighted by Gasteiger charge is 2.50. The highest BCUT2D eigenvalue weighted by atomic mass is 15.2. The highest BCUT2D eigenvalue weighted by molar-refractivity contribution is 6.09. The summed E-state index contributed by atoms with van der Waals surface area (Å²) in [6.45, 7) is 17.1. The summed E-state index contributed by atoms with van der Waals surface area (Å²) in [7, 11) is 0. The minimum absolute atomic E-state index is 0.125. The third kappa shape index (κ3) is 5.13. The number of nitrogens with zero attached hydrogens (tertiary/aromatic N) is 2. The molecule has 2 aliphatic carbocycles. The first-order chi connectivity index (χ1) is 29.0. The summed E-state index contributed by atoms with van der Waals surface area (Å²) in [6.07, 6.45) is 0. The zero-order chi connectivity index (χ0) is 41.1. The van der Waals surface area contributed by atoms with Crippen molar-refractivity contribution in [3.8, 4) is 39.1 Å². The van der Waals surface area contributed by atoms with E-state index in [0.717, 1.165) is 17.1 Å². The second kappa shape index (κ2) is 12.9. The van der Waals surface area contributed by atoms with Crippen LogP contribution in [0.1, 0.15) is 76.3 Å². The fourth-order valence-corrected chi connectivity index (χ4v) is 11.0. The largest absolute Gasteiger partial charge is 0.310 e. The number of para-hydroxylation sites is 2. The Bertz CT molecular complexity index is 3010. The van der Waals surface area contributed by atoms with Crippen molar-refractivity contribution < 1.29 is 0 Å². The first-order valence-corrected chi connectivity index (χ1v) is 21.5. The molecule has 292 valence electrons. The average Bonchev–Trinajstić information content (AvgIpc) is 3.81. The van der Waals surface area contributed by atoms with Crippen LogP contribution in [0.2, 0.25) is 0 Å². The SMILES string of the molecule is CC(C)(C)c1c2c(c(N(c3ccc(-c4ccccc4)cc3)c3ccc(-n4c5ccccc5c5ccccc54)cc3)c3c1-c1ccccc1C3(C)C)C(C)(C)c1ccccc1-2. The molecule has 0 bridgehead atoms. The highest BCUT2D eigenvalue weighted by Crippen LogP contribution is 2.65. The summed E-state index contributed by atoms with van der Waals surface area (Å²) in [5, 5.41) is 2.54. The number of aromatic nitrogens is 1. The minimum atomic E-state index is -0.272. The van der Waals surface area contributed by atoms with Crippen LogP contribution >= 0.6 is 0 Å². The normalized spacial score (nSPS) is 14.5. The zero-order valence-corrected chi connectivity index (χ0v) is 35.6.